The second-order valence-electron chi connectivity index (χ2n) is 5.50. The summed E-state index contributed by atoms with van der Waals surface area (Å²) in [4.78, 5) is 9.27. The van der Waals surface area contributed by atoms with Crippen LogP contribution >= 0.6 is 11.6 Å². The molecule has 0 radical (unpaired) electrons. The summed E-state index contributed by atoms with van der Waals surface area (Å²) in [6, 6.07) is 19.6. The standard InChI is InChI=1S/C19H15ClN4/c20-12-13-7-9-14(10-8-13)24-18(15-4-1-2-5-16(15)21)23-17-6-3-11-22-19(17)24/h1-11H,12,21H2. The number of benzene rings is 2. The van der Waals surface area contributed by atoms with E-state index in [1.165, 1.54) is 0 Å². The number of hydrogen-bond donors (Lipinski definition) is 1. The summed E-state index contributed by atoms with van der Waals surface area (Å²) < 4.78 is 2.03. The maximum atomic E-state index is 6.18. The maximum Gasteiger partial charge on any atom is 0.164 e. The van der Waals surface area contributed by atoms with Gasteiger partial charge in [-0.25, -0.2) is 9.97 Å². The highest BCUT2D eigenvalue weighted by Gasteiger charge is 2.16. The summed E-state index contributed by atoms with van der Waals surface area (Å²) in [6.07, 6.45) is 1.77. The fraction of sp³-hybridized carbons (Fsp3) is 0.0526. The molecule has 0 aliphatic rings. The van der Waals surface area contributed by atoms with Crippen molar-refractivity contribution in [2.75, 3.05) is 5.73 Å². The van der Waals surface area contributed by atoms with E-state index in [1.54, 1.807) is 6.20 Å². The van der Waals surface area contributed by atoms with Crippen molar-refractivity contribution < 1.29 is 0 Å². The van der Waals surface area contributed by atoms with E-state index >= 15 is 0 Å². The molecule has 0 spiro atoms. The highest BCUT2D eigenvalue weighted by Crippen LogP contribution is 2.30. The summed E-state index contributed by atoms with van der Waals surface area (Å²) in [5.74, 6) is 1.27. The molecule has 0 atom stereocenters. The number of nitrogen functional groups attached to an aromatic ring is 1. The molecular formula is C19H15ClN4. The van der Waals surface area contributed by atoms with Crippen LogP contribution in [0.15, 0.2) is 66.9 Å². The van der Waals surface area contributed by atoms with Gasteiger partial charge in [0.2, 0.25) is 0 Å². The number of hydrogen-bond acceptors (Lipinski definition) is 3. The Hall–Kier alpha value is -2.85. The lowest BCUT2D eigenvalue weighted by atomic mass is 10.1. The quantitative estimate of drug-likeness (QED) is 0.446. The topological polar surface area (TPSA) is 56.7 Å². The Kier molecular flexibility index (Phi) is 3.67. The van der Waals surface area contributed by atoms with Crippen LogP contribution in [-0.2, 0) is 5.88 Å². The van der Waals surface area contributed by atoms with Crippen molar-refractivity contribution in [2.24, 2.45) is 0 Å². The SMILES string of the molecule is Nc1ccccc1-c1nc2cccnc2n1-c1ccc(CCl)cc1. The number of rotatable bonds is 3. The summed E-state index contributed by atoms with van der Waals surface area (Å²) >= 11 is 5.90. The fourth-order valence-electron chi connectivity index (χ4n) is 2.77. The summed E-state index contributed by atoms with van der Waals surface area (Å²) in [7, 11) is 0. The number of imidazole rings is 1. The molecule has 2 heterocycles. The Morgan fingerprint density at radius 2 is 1.75 bits per heavy atom. The van der Waals surface area contributed by atoms with Crippen molar-refractivity contribution in [1.29, 1.82) is 0 Å². The van der Waals surface area contributed by atoms with Gasteiger partial charge in [-0.2, -0.15) is 0 Å². The Bertz CT molecular complexity index is 1010. The number of pyridine rings is 1. The third-order valence-electron chi connectivity index (χ3n) is 3.97. The van der Waals surface area contributed by atoms with Gasteiger partial charge < -0.3 is 5.73 Å². The van der Waals surface area contributed by atoms with Crippen molar-refractivity contribution in [1.82, 2.24) is 14.5 Å². The molecular weight excluding hydrogens is 320 g/mol. The van der Waals surface area contributed by atoms with Gasteiger partial charge in [0.1, 0.15) is 11.3 Å². The molecule has 4 aromatic rings. The first-order valence-electron chi connectivity index (χ1n) is 7.61. The zero-order chi connectivity index (χ0) is 16.5. The normalized spacial score (nSPS) is 11.0. The molecule has 5 heteroatoms. The van der Waals surface area contributed by atoms with E-state index < -0.39 is 0 Å². The van der Waals surface area contributed by atoms with Gasteiger partial charge in [0.15, 0.2) is 5.65 Å². The van der Waals surface area contributed by atoms with Crippen molar-refractivity contribution in [2.45, 2.75) is 5.88 Å². The zero-order valence-electron chi connectivity index (χ0n) is 12.9. The first-order chi connectivity index (χ1) is 11.8. The number of para-hydroxylation sites is 1. The fourth-order valence-corrected chi connectivity index (χ4v) is 2.95. The first-order valence-corrected chi connectivity index (χ1v) is 8.15. The van der Waals surface area contributed by atoms with Crippen LogP contribution in [0.1, 0.15) is 5.56 Å². The molecule has 4 nitrogen and oxygen atoms in total. The van der Waals surface area contributed by atoms with Gasteiger partial charge in [-0.3, -0.25) is 4.57 Å². The van der Waals surface area contributed by atoms with E-state index in [0.717, 1.165) is 33.8 Å². The van der Waals surface area contributed by atoms with E-state index in [0.29, 0.717) is 11.6 Å². The molecule has 2 N–H and O–H groups in total. The molecule has 0 aliphatic heterocycles. The van der Waals surface area contributed by atoms with Gasteiger partial charge in [0.05, 0.1) is 0 Å². The molecule has 4 rings (SSSR count). The molecule has 0 aliphatic carbocycles. The average Bonchev–Trinajstić information content (AvgIpc) is 3.01. The molecule has 0 unspecified atom stereocenters. The van der Waals surface area contributed by atoms with Crippen LogP contribution < -0.4 is 5.73 Å². The predicted octanol–water partition coefficient (Wildman–Crippen LogP) is 4.41. The lowest BCUT2D eigenvalue weighted by molar-refractivity contribution is 1.07. The highest BCUT2D eigenvalue weighted by atomic mass is 35.5. The summed E-state index contributed by atoms with van der Waals surface area (Å²) in [5.41, 5.74) is 11.4. The van der Waals surface area contributed by atoms with Gasteiger partial charge in [-0.15, -0.1) is 11.6 Å². The largest absolute Gasteiger partial charge is 0.398 e. The van der Waals surface area contributed by atoms with Crippen molar-refractivity contribution in [3.8, 4) is 17.1 Å². The van der Waals surface area contributed by atoms with Gasteiger partial charge in [-0.05, 0) is 42.0 Å². The summed E-state index contributed by atoms with van der Waals surface area (Å²) in [5, 5.41) is 0. The number of aromatic nitrogens is 3. The minimum absolute atomic E-state index is 0.488. The first kappa shape index (κ1) is 14.7. The van der Waals surface area contributed by atoms with Gasteiger partial charge >= 0.3 is 0 Å². The van der Waals surface area contributed by atoms with E-state index in [4.69, 9.17) is 22.3 Å². The van der Waals surface area contributed by atoms with E-state index in [9.17, 15) is 0 Å². The molecule has 0 saturated carbocycles. The van der Waals surface area contributed by atoms with Crippen LogP contribution in [-0.4, -0.2) is 14.5 Å². The van der Waals surface area contributed by atoms with E-state index in [1.807, 2.05) is 65.2 Å². The molecule has 24 heavy (non-hydrogen) atoms. The number of nitrogens with two attached hydrogens (primary N) is 1. The Balaban J connectivity index is 2.01. The monoisotopic (exact) mass is 334 g/mol. The Morgan fingerprint density at radius 3 is 2.50 bits per heavy atom. The van der Waals surface area contributed by atoms with Crippen LogP contribution in [0.5, 0.6) is 0 Å². The number of halogens is 1. The minimum Gasteiger partial charge on any atom is -0.398 e. The lowest BCUT2D eigenvalue weighted by Gasteiger charge is -2.11. The van der Waals surface area contributed by atoms with Gasteiger partial charge in [-0.1, -0.05) is 24.3 Å². The second-order valence-corrected chi connectivity index (χ2v) is 5.77. The van der Waals surface area contributed by atoms with E-state index in [-0.39, 0.29) is 0 Å². The third-order valence-corrected chi connectivity index (χ3v) is 4.28. The van der Waals surface area contributed by atoms with Crippen LogP contribution in [0.2, 0.25) is 0 Å². The van der Waals surface area contributed by atoms with Crippen LogP contribution in [0.3, 0.4) is 0 Å². The Morgan fingerprint density at radius 1 is 0.958 bits per heavy atom. The number of fused-ring (bicyclic) bond motifs is 1. The molecule has 0 amide bonds. The number of alkyl halides is 1. The van der Waals surface area contributed by atoms with Crippen molar-refractivity contribution in [3.05, 3.63) is 72.4 Å². The molecule has 2 aromatic carbocycles. The lowest BCUT2D eigenvalue weighted by Crippen LogP contribution is -2.00. The third kappa shape index (κ3) is 2.41. The van der Waals surface area contributed by atoms with Crippen LogP contribution in [0, 0.1) is 0 Å². The molecule has 2 aromatic heterocycles. The number of nitrogens with zero attached hydrogens (tertiary/aromatic N) is 3. The van der Waals surface area contributed by atoms with Crippen LogP contribution in [0.25, 0.3) is 28.2 Å². The molecule has 0 saturated heterocycles. The van der Waals surface area contributed by atoms with Crippen molar-refractivity contribution >= 4 is 28.5 Å². The Labute approximate surface area is 144 Å². The van der Waals surface area contributed by atoms with Crippen molar-refractivity contribution in [3.63, 3.8) is 0 Å². The summed E-state index contributed by atoms with van der Waals surface area (Å²) in [6.45, 7) is 0. The smallest absolute Gasteiger partial charge is 0.164 e. The van der Waals surface area contributed by atoms with Gasteiger partial charge in [0, 0.05) is 29.0 Å². The highest BCUT2D eigenvalue weighted by molar-refractivity contribution is 6.17. The van der Waals surface area contributed by atoms with Crippen LogP contribution in [0.4, 0.5) is 5.69 Å². The average molecular weight is 335 g/mol. The molecule has 0 bridgehead atoms. The van der Waals surface area contributed by atoms with E-state index in [2.05, 4.69) is 4.98 Å². The zero-order valence-corrected chi connectivity index (χ0v) is 13.6. The maximum absolute atomic E-state index is 6.18. The van der Waals surface area contributed by atoms with Gasteiger partial charge in [0.25, 0.3) is 0 Å². The molecule has 118 valence electrons. The second kappa shape index (κ2) is 5.98. The number of anilines is 1. The molecule has 0 fully saturated rings. The minimum atomic E-state index is 0.488. The predicted molar refractivity (Wildman–Crippen MR) is 98.3 cm³/mol.